The summed E-state index contributed by atoms with van der Waals surface area (Å²) in [5, 5.41) is 14.8. The minimum Gasteiger partial charge on any atom is -0.349 e. The second-order valence-corrected chi connectivity index (χ2v) is 11.4. The average Bonchev–Trinajstić information content (AvgIpc) is 3.52. The van der Waals surface area contributed by atoms with E-state index in [1.165, 1.54) is 12.1 Å². The second-order valence-electron chi connectivity index (χ2n) is 8.22. The highest BCUT2D eigenvalue weighted by atomic mass is 32.2. The molecule has 0 bridgehead atoms. The molecule has 3 aromatic heterocycles. The first kappa shape index (κ1) is 25.5. The first-order chi connectivity index (χ1) is 17.0. The van der Waals surface area contributed by atoms with Crippen molar-refractivity contribution in [1.82, 2.24) is 30.3 Å². The molecule has 13 heteroatoms. The molecule has 1 atom stereocenters. The minimum absolute atomic E-state index is 0.0162. The van der Waals surface area contributed by atoms with Crippen LogP contribution in [0.4, 0.5) is 8.78 Å². The largest absolute Gasteiger partial charge is 0.349 e. The van der Waals surface area contributed by atoms with Gasteiger partial charge in [0.15, 0.2) is 19.9 Å². The average molecular weight is 533 g/mol. The van der Waals surface area contributed by atoms with Crippen molar-refractivity contribution in [3.05, 3.63) is 76.7 Å². The smallest absolute Gasteiger partial charge is 0.282 e. The number of amides is 1. The number of hydrogen-bond acceptors (Lipinski definition) is 8. The molecule has 4 rings (SSSR count). The van der Waals surface area contributed by atoms with Crippen LogP contribution in [-0.2, 0) is 22.3 Å². The highest BCUT2D eigenvalue weighted by Crippen LogP contribution is 2.31. The number of halogens is 2. The number of rotatable bonds is 8. The van der Waals surface area contributed by atoms with Crippen LogP contribution in [-0.4, -0.2) is 51.6 Å². The maximum atomic E-state index is 14.1. The number of pyridine rings is 1. The van der Waals surface area contributed by atoms with Gasteiger partial charge in [0.05, 0.1) is 23.1 Å². The molecule has 3 heterocycles. The lowest BCUT2D eigenvalue weighted by Gasteiger charge is -2.28. The molecular weight excluding hydrogens is 510 g/mol. The summed E-state index contributed by atoms with van der Waals surface area (Å²) in [5.74, 6) is -2.19. The van der Waals surface area contributed by atoms with Gasteiger partial charge in [0.2, 0.25) is 5.01 Å². The molecule has 0 aliphatic carbocycles. The lowest BCUT2D eigenvalue weighted by molar-refractivity contribution is 0.0946. The van der Waals surface area contributed by atoms with Crippen molar-refractivity contribution in [2.75, 3.05) is 12.3 Å². The molecule has 1 amide bonds. The number of aryl methyl sites for hydroxylation is 1. The van der Waals surface area contributed by atoms with Gasteiger partial charge in [-0.25, -0.2) is 22.2 Å². The van der Waals surface area contributed by atoms with Crippen LogP contribution in [0.25, 0.3) is 10.6 Å². The highest BCUT2D eigenvalue weighted by molar-refractivity contribution is 7.91. The summed E-state index contributed by atoms with van der Waals surface area (Å²) in [6.07, 6.45) is 3.38. The monoisotopic (exact) mass is 532 g/mol. The lowest BCUT2D eigenvalue weighted by Crippen LogP contribution is -2.40. The predicted octanol–water partition coefficient (Wildman–Crippen LogP) is 3.14. The van der Waals surface area contributed by atoms with Crippen LogP contribution in [0.5, 0.6) is 0 Å². The number of hydrogen-bond donors (Lipinski definition) is 1. The third kappa shape index (κ3) is 5.02. The summed E-state index contributed by atoms with van der Waals surface area (Å²) < 4.78 is 53.8. The van der Waals surface area contributed by atoms with Gasteiger partial charge in [0.25, 0.3) is 5.91 Å². The fourth-order valence-electron chi connectivity index (χ4n) is 3.51. The zero-order valence-corrected chi connectivity index (χ0v) is 21.2. The molecule has 0 saturated heterocycles. The Morgan fingerprint density at radius 1 is 1.19 bits per heavy atom. The van der Waals surface area contributed by atoms with Gasteiger partial charge in [-0.15, -0.1) is 10.2 Å². The van der Waals surface area contributed by atoms with Crippen LogP contribution >= 0.6 is 11.3 Å². The number of benzene rings is 1. The van der Waals surface area contributed by atoms with Gasteiger partial charge >= 0.3 is 0 Å². The van der Waals surface area contributed by atoms with E-state index in [2.05, 4.69) is 25.6 Å². The Kier molecular flexibility index (Phi) is 6.96. The van der Waals surface area contributed by atoms with Crippen LogP contribution in [0.15, 0.2) is 53.8 Å². The summed E-state index contributed by atoms with van der Waals surface area (Å²) >= 11 is 0.861. The number of nitrogens with zero attached hydrogens (tertiary/aromatic N) is 5. The van der Waals surface area contributed by atoms with Gasteiger partial charge in [0, 0.05) is 37.0 Å². The second kappa shape index (κ2) is 9.82. The molecule has 0 fully saturated rings. The van der Waals surface area contributed by atoms with E-state index in [9.17, 15) is 22.0 Å². The van der Waals surface area contributed by atoms with Crippen LogP contribution < -0.4 is 5.32 Å². The molecule has 0 radical (unpaired) electrons. The van der Waals surface area contributed by atoms with Gasteiger partial charge < -0.3 is 5.32 Å². The van der Waals surface area contributed by atoms with Crippen molar-refractivity contribution < 1.29 is 22.0 Å². The Morgan fingerprint density at radius 2 is 1.97 bits per heavy atom. The van der Waals surface area contributed by atoms with E-state index in [0.29, 0.717) is 11.3 Å². The molecule has 0 aliphatic heterocycles. The maximum Gasteiger partial charge on any atom is 0.282 e. The standard InChI is InChI=1S/C23H22F2N6O3S2/c1-4-36(33,34)19-7-5-6-18(28-19)23(2,14-11-27-31(3)12-14)13-26-20(32)22-30-29-21(35-22)16-9-8-15(24)10-17(16)25/h5-12H,4,13H2,1-3H3,(H,26,32). The summed E-state index contributed by atoms with van der Waals surface area (Å²) in [4.78, 5) is 17.3. The van der Waals surface area contributed by atoms with E-state index < -0.39 is 32.8 Å². The molecule has 0 aliphatic rings. The summed E-state index contributed by atoms with van der Waals surface area (Å²) in [6, 6.07) is 7.79. The summed E-state index contributed by atoms with van der Waals surface area (Å²) in [7, 11) is -1.81. The number of carbonyl (C=O) groups is 1. The van der Waals surface area contributed by atoms with Crippen LogP contribution in [0.1, 0.15) is 34.9 Å². The van der Waals surface area contributed by atoms with Crippen molar-refractivity contribution in [1.29, 1.82) is 0 Å². The molecule has 4 aromatic rings. The molecule has 1 unspecified atom stereocenters. The minimum atomic E-state index is -3.55. The fourth-order valence-corrected chi connectivity index (χ4v) is 5.12. The van der Waals surface area contributed by atoms with E-state index in [1.54, 1.807) is 43.2 Å². The van der Waals surface area contributed by atoms with Crippen LogP contribution in [0.2, 0.25) is 0 Å². The number of sulfone groups is 1. The van der Waals surface area contributed by atoms with E-state index in [4.69, 9.17) is 0 Å². The Morgan fingerprint density at radius 3 is 2.64 bits per heavy atom. The third-order valence-corrected chi connectivity index (χ3v) is 8.29. The number of aromatic nitrogens is 5. The molecule has 1 N–H and O–H groups in total. The normalized spacial score (nSPS) is 13.4. The Balaban J connectivity index is 1.63. The number of carbonyl (C=O) groups excluding carboxylic acids is 1. The summed E-state index contributed by atoms with van der Waals surface area (Å²) in [5.41, 5.74) is 0.220. The first-order valence-electron chi connectivity index (χ1n) is 10.8. The number of nitrogens with one attached hydrogen (secondary N) is 1. The molecule has 9 nitrogen and oxygen atoms in total. The van der Waals surface area contributed by atoms with Gasteiger partial charge in [-0.05, 0) is 31.2 Å². The third-order valence-electron chi connectivity index (χ3n) is 5.71. The van der Waals surface area contributed by atoms with Gasteiger partial charge in [0.1, 0.15) is 11.6 Å². The molecular formula is C23H22F2N6O3S2. The summed E-state index contributed by atoms with van der Waals surface area (Å²) in [6.45, 7) is 3.38. The quantitative estimate of drug-likeness (QED) is 0.370. The van der Waals surface area contributed by atoms with Crippen molar-refractivity contribution in [2.24, 2.45) is 7.05 Å². The van der Waals surface area contributed by atoms with Crippen molar-refractivity contribution >= 4 is 27.1 Å². The van der Waals surface area contributed by atoms with Crippen molar-refractivity contribution in [3.8, 4) is 10.6 Å². The Hall–Kier alpha value is -3.58. The SMILES string of the molecule is CCS(=O)(=O)c1cccc(C(C)(CNC(=O)c2nnc(-c3ccc(F)cc3F)s2)c2cnn(C)c2)n1. The molecule has 1 aromatic carbocycles. The van der Waals surface area contributed by atoms with Crippen molar-refractivity contribution in [2.45, 2.75) is 24.3 Å². The van der Waals surface area contributed by atoms with Gasteiger partial charge in [-0.1, -0.05) is 24.3 Å². The zero-order valence-electron chi connectivity index (χ0n) is 19.6. The first-order valence-corrected chi connectivity index (χ1v) is 13.3. The highest BCUT2D eigenvalue weighted by Gasteiger charge is 2.34. The van der Waals surface area contributed by atoms with E-state index >= 15 is 0 Å². The topological polar surface area (TPSA) is 120 Å². The van der Waals surface area contributed by atoms with Gasteiger partial charge in [-0.3, -0.25) is 9.48 Å². The molecule has 0 spiro atoms. The van der Waals surface area contributed by atoms with E-state index in [0.717, 1.165) is 23.5 Å². The van der Waals surface area contributed by atoms with Crippen LogP contribution in [0.3, 0.4) is 0 Å². The van der Waals surface area contributed by atoms with Gasteiger partial charge in [-0.2, -0.15) is 5.10 Å². The predicted molar refractivity (Wildman–Crippen MR) is 129 cm³/mol. The lowest BCUT2D eigenvalue weighted by atomic mass is 9.80. The fraction of sp³-hybridized carbons (Fsp3) is 0.261. The zero-order chi connectivity index (χ0) is 26.1. The molecule has 0 saturated carbocycles. The van der Waals surface area contributed by atoms with E-state index in [-0.39, 0.29) is 32.9 Å². The maximum absolute atomic E-state index is 14.1. The van der Waals surface area contributed by atoms with E-state index in [1.807, 2.05) is 6.92 Å². The Labute approximate surface area is 210 Å². The molecule has 36 heavy (non-hydrogen) atoms. The van der Waals surface area contributed by atoms with Crippen molar-refractivity contribution in [3.63, 3.8) is 0 Å². The Bertz CT molecular complexity index is 1540. The molecule has 188 valence electrons. The van der Waals surface area contributed by atoms with Crippen LogP contribution in [0, 0.1) is 11.6 Å².